The number of rotatable bonds is 4. The summed E-state index contributed by atoms with van der Waals surface area (Å²) in [4.78, 5) is 0. The van der Waals surface area contributed by atoms with Gasteiger partial charge >= 0.3 is 0 Å². The molecule has 2 rings (SSSR count). The summed E-state index contributed by atoms with van der Waals surface area (Å²) < 4.78 is 5.35. The first-order valence-electron chi connectivity index (χ1n) is 7.28. The van der Waals surface area contributed by atoms with Crippen molar-refractivity contribution in [2.45, 2.75) is 27.7 Å². The number of allylic oxidation sites excluding steroid dienone is 2. The molecule has 0 spiro atoms. The molecule has 22 heavy (non-hydrogen) atoms. The lowest BCUT2D eigenvalue weighted by molar-refractivity contribution is 0.416. The van der Waals surface area contributed by atoms with Crippen LogP contribution in [0.3, 0.4) is 0 Å². The standard InChI is InChI=1S/C17H22N4O/c1-10(2)17-16(18)15(12(4)20-21-17)11(3)19-13-8-6-7-9-14(13)22-5/h6-10,18-19H,1-5H3/b15-11-,18-16?. The second-order valence-electron chi connectivity index (χ2n) is 5.53. The highest BCUT2D eigenvalue weighted by atomic mass is 16.5. The third kappa shape index (κ3) is 3.08. The molecule has 0 bridgehead atoms. The van der Waals surface area contributed by atoms with Gasteiger partial charge in [-0.25, -0.2) is 0 Å². The molecule has 5 heteroatoms. The molecule has 0 aliphatic carbocycles. The van der Waals surface area contributed by atoms with E-state index in [1.54, 1.807) is 7.11 Å². The molecule has 0 radical (unpaired) electrons. The van der Waals surface area contributed by atoms with Gasteiger partial charge in [-0.15, -0.1) is 0 Å². The van der Waals surface area contributed by atoms with Gasteiger partial charge in [-0.3, -0.25) is 5.41 Å². The van der Waals surface area contributed by atoms with Crippen molar-refractivity contribution >= 4 is 22.8 Å². The van der Waals surface area contributed by atoms with Crippen molar-refractivity contribution in [1.29, 1.82) is 5.41 Å². The number of nitrogens with zero attached hydrogens (tertiary/aromatic N) is 2. The average Bonchev–Trinajstić information content (AvgIpc) is 2.47. The molecule has 0 atom stereocenters. The minimum Gasteiger partial charge on any atom is -0.495 e. The van der Waals surface area contributed by atoms with Gasteiger partial charge in [0, 0.05) is 11.3 Å². The number of nitrogens with one attached hydrogen (secondary N) is 2. The predicted molar refractivity (Wildman–Crippen MR) is 92.4 cm³/mol. The zero-order valence-electron chi connectivity index (χ0n) is 13.7. The number of hydrogen-bond donors (Lipinski definition) is 2. The first-order chi connectivity index (χ1) is 10.5. The van der Waals surface area contributed by atoms with Crippen LogP contribution in [0.5, 0.6) is 5.75 Å². The van der Waals surface area contributed by atoms with Crippen LogP contribution in [0, 0.1) is 11.3 Å². The number of anilines is 1. The van der Waals surface area contributed by atoms with Crippen LogP contribution < -0.4 is 10.1 Å². The zero-order valence-corrected chi connectivity index (χ0v) is 13.7. The topological polar surface area (TPSA) is 69.8 Å². The fourth-order valence-electron chi connectivity index (χ4n) is 2.41. The van der Waals surface area contributed by atoms with E-state index in [-0.39, 0.29) is 5.92 Å². The molecule has 5 nitrogen and oxygen atoms in total. The summed E-state index contributed by atoms with van der Waals surface area (Å²) >= 11 is 0. The van der Waals surface area contributed by atoms with Crippen molar-refractivity contribution in [2.24, 2.45) is 16.1 Å². The lowest BCUT2D eigenvalue weighted by atomic mass is 9.93. The molecule has 0 fully saturated rings. The van der Waals surface area contributed by atoms with Crippen LogP contribution in [0.2, 0.25) is 0 Å². The van der Waals surface area contributed by atoms with E-state index in [1.807, 2.05) is 52.0 Å². The van der Waals surface area contributed by atoms with E-state index < -0.39 is 0 Å². The minimum atomic E-state index is 0.165. The van der Waals surface area contributed by atoms with Gasteiger partial charge in [-0.05, 0) is 31.9 Å². The van der Waals surface area contributed by atoms with Crippen LogP contribution in [0.1, 0.15) is 27.7 Å². The lowest BCUT2D eigenvalue weighted by Gasteiger charge is -2.21. The molecule has 0 amide bonds. The lowest BCUT2D eigenvalue weighted by Crippen LogP contribution is -2.29. The summed E-state index contributed by atoms with van der Waals surface area (Å²) in [5.74, 6) is 0.926. The van der Waals surface area contributed by atoms with E-state index in [1.165, 1.54) is 0 Å². The van der Waals surface area contributed by atoms with Gasteiger partial charge in [-0.2, -0.15) is 10.2 Å². The summed E-state index contributed by atoms with van der Waals surface area (Å²) in [6, 6.07) is 7.70. The molecule has 1 heterocycles. The first kappa shape index (κ1) is 15.9. The molecular weight excluding hydrogens is 276 g/mol. The Morgan fingerprint density at radius 3 is 2.55 bits per heavy atom. The second kappa shape index (κ2) is 6.56. The Labute approximate surface area is 131 Å². The number of para-hydroxylation sites is 2. The molecule has 0 aromatic heterocycles. The largest absolute Gasteiger partial charge is 0.495 e. The number of methoxy groups -OCH3 is 1. The van der Waals surface area contributed by atoms with Crippen molar-refractivity contribution in [1.82, 2.24) is 0 Å². The Kier molecular flexibility index (Phi) is 4.75. The van der Waals surface area contributed by atoms with E-state index in [0.717, 1.165) is 28.4 Å². The third-order valence-corrected chi connectivity index (χ3v) is 3.53. The van der Waals surface area contributed by atoms with E-state index in [4.69, 9.17) is 10.1 Å². The van der Waals surface area contributed by atoms with Gasteiger partial charge in [0.05, 0.1) is 29.9 Å². The summed E-state index contributed by atoms with van der Waals surface area (Å²) in [5.41, 5.74) is 4.41. The van der Waals surface area contributed by atoms with Crippen LogP contribution in [0.25, 0.3) is 0 Å². The minimum absolute atomic E-state index is 0.165. The molecular formula is C17H22N4O. The maximum absolute atomic E-state index is 8.42. The van der Waals surface area contributed by atoms with Crippen LogP contribution >= 0.6 is 0 Å². The van der Waals surface area contributed by atoms with Gasteiger partial charge in [0.1, 0.15) is 5.75 Å². The van der Waals surface area contributed by atoms with Crippen molar-refractivity contribution < 1.29 is 4.74 Å². The molecule has 1 aromatic rings. The maximum atomic E-state index is 8.42. The summed E-state index contributed by atoms with van der Waals surface area (Å²) in [7, 11) is 1.64. The van der Waals surface area contributed by atoms with E-state index in [9.17, 15) is 0 Å². The molecule has 1 aliphatic heterocycles. The van der Waals surface area contributed by atoms with Crippen molar-refractivity contribution in [3.63, 3.8) is 0 Å². The van der Waals surface area contributed by atoms with Crippen molar-refractivity contribution in [3.8, 4) is 5.75 Å². The number of benzene rings is 1. The molecule has 0 saturated heterocycles. The highest BCUT2D eigenvalue weighted by Gasteiger charge is 2.24. The fourth-order valence-corrected chi connectivity index (χ4v) is 2.41. The SMILES string of the molecule is COc1ccccc1N/C(C)=C1\C(=N)C(C(C)C)=NN=C1C. The van der Waals surface area contributed by atoms with Crippen LogP contribution in [0.4, 0.5) is 5.69 Å². The smallest absolute Gasteiger partial charge is 0.142 e. The average molecular weight is 298 g/mol. The number of hydrogen-bond acceptors (Lipinski definition) is 5. The number of ether oxygens (including phenoxy) is 1. The Morgan fingerprint density at radius 2 is 1.91 bits per heavy atom. The van der Waals surface area contributed by atoms with Gasteiger partial charge in [-0.1, -0.05) is 26.0 Å². The fraction of sp³-hybridized carbons (Fsp3) is 0.353. The zero-order chi connectivity index (χ0) is 16.3. The van der Waals surface area contributed by atoms with Gasteiger partial charge in [0.25, 0.3) is 0 Å². The normalized spacial score (nSPS) is 17.1. The Balaban J connectivity index is 2.39. The van der Waals surface area contributed by atoms with Gasteiger partial charge in [0.15, 0.2) is 0 Å². The molecule has 1 aliphatic rings. The quantitative estimate of drug-likeness (QED) is 0.885. The summed E-state index contributed by atoms with van der Waals surface area (Å²) in [5, 5.41) is 20.1. The van der Waals surface area contributed by atoms with Gasteiger partial charge < -0.3 is 10.1 Å². The summed E-state index contributed by atoms with van der Waals surface area (Å²) in [6.45, 7) is 7.85. The molecule has 116 valence electrons. The molecule has 0 saturated carbocycles. The molecule has 2 N–H and O–H groups in total. The monoisotopic (exact) mass is 298 g/mol. The molecule has 0 unspecified atom stereocenters. The Morgan fingerprint density at radius 1 is 1.23 bits per heavy atom. The third-order valence-electron chi connectivity index (χ3n) is 3.53. The second-order valence-corrected chi connectivity index (χ2v) is 5.53. The molecule has 1 aromatic carbocycles. The predicted octanol–water partition coefficient (Wildman–Crippen LogP) is 3.89. The summed E-state index contributed by atoms with van der Waals surface area (Å²) in [6.07, 6.45) is 0. The van der Waals surface area contributed by atoms with Crippen LogP contribution in [-0.2, 0) is 0 Å². The highest BCUT2D eigenvalue weighted by Crippen LogP contribution is 2.26. The van der Waals surface area contributed by atoms with Crippen molar-refractivity contribution in [2.75, 3.05) is 12.4 Å². The highest BCUT2D eigenvalue weighted by molar-refractivity contribution is 6.54. The first-order valence-corrected chi connectivity index (χ1v) is 7.28. The maximum Gasteiger partial charge on any atom is 0.142 e. The van der Waals surface area contributed by atoms with Crippen LogP contribution in [-0.4, -0.2) is 24.2 Å². The van der Waals surface area contributed by atoms with Crippen molar-refractivity contribution in [3.05, 3.63) is 35.5 Å². The Hall–Kier alpha value is -2.43. The van der Waals surface area contributed by atoms with E-state index in [0.29, 0.717) is 11.4 Å². The van der Waals surface area contributed by atoms with E-state index in [2.05, 4.69) is 15.5 Å². The van der Waals surface area contributed by atoms with Crippen LogP contribution in [0.15, 0.2) is 45.7 Å². The van der Waals surface area contributed by atoms with Gasteiger partial charge in [0.2, 0.25) is 0 Å². The van der Waals surface area contributed by atoms with E-state index >= 15 is 0 Å². The Bertz CT molecular complexity index is 684.